The SMILES string of the molecule is NC/C=C/c1ccon1. The fourth-order valence-electron chi connectivity index (χ4n) is 0.497. The second-order valence-corrected chi connectivity index (χ2v) is 1.56. The van der Waals surface area contributed by atoms with Gasteiger partial charge in [-0.05, 0) is 6.08 Å². The van der Waals surface area contributed by atoms with Gasteiger partial charge in [0.2, 0.25) is 0 Å². The summed E-state index contributed by atoms with van der Waals surface area (Å²) in [5.74, 6) is 0. The minimum Gasteiger partial charge on any atom is -0.364 e. The molecule has 0 fully saturated rings. The summed E-state index contributed by atoms with van der Waals surface area (Å²) in [5, 5.41) is 3.64. The first kappa shape index (κ1) is 6.04. The predicted molar refractivity (Wildman–Crippen MR) is 34.6 cm³/mol. The topological polar surface area (TPSA) is 52.0 Å². The van der Waals surface area contributed by atoms with E-state index in [9.17, 15) is 0 Å². The van der Waals surface area contributed by atoms with Gasteiger partial charge in [0.05, 0.1) is 0 Å². The second kappa shape index (κ2) is 3.04. The Morgan fingerprint density at radius 2 is 2.67 bits per heavy atom. The Morgan fingerprint density at radius 1 is 1.78 bits per heavy atom. The molecular formula is C6H8N2O. The van der Waals surface area contributed by atoms with Gasteiger partial charge in [0.1, 0.15) is 12.0 Å². The molecule has 2 N–H and O–H groups in total. The zero-order chi connectivity index (χ0) is 6.53. The maximum Gasteiger partial charge on any atom is 0.124 e. The lowest BCUT2D eigenvalue weighted by molar-refractivity contribution is 0.418. The number of hydrogen-bond acceptors (Lipinski definition) is 3. The maximum atomic E-state index is 5.20. The highest BCUT2D eigenvalue weighted by Gasteiger charge is 1.84. The molecule has 0 unspecified atom stereocenters. The Labute approximate surface area is 53.1 Å². The quantitative estimate of drug-likeness (QED) is 0.629. The van der Waals surface area contributed by atoms with Crippen molar-refractivity contribution in [3.63, 3.8) is 0 Å². The third kappa shape index (κ3) is 1.70. The zero-order valence-corrected chi connectivity index (χ0v) is 4.95. The molecule has 3 nitrogen and oxygen atoms in total. The molecule has 1 rings (SSSR count). The van der Waals surface area contributed by atoms with Crippen LogP contribution in [0.5, 0.6) is 0 Å². The average molecular weight is 124 g/mol. The largest absolute Gasteiger partial charge is 0.364 e. The maximum absolute atomic E-state index is 5.20. The normalized spacial score (nSPS) is 10.8. The van der Waals surface area contributed by atoms with Gasteiger partial charge in [-0.1, -0.05) is 11.2 Å². The van der Waals surface area contributed by atoms with Crippen LogP contribution in [0.1, 0.15) is 5.69 Å². The van der Waals surface area contributed by atoms with Gasteiger partial charge in [-0.25, -0.2) is 0 Å². The molecule has 0 amide bonds. The van der Waals surface area contributed by atoms with Gasteiger partial charge in [0, 0.05) is 12.6 Å². The number of nitrogens with two attached hydrogens (primary N) is 1. The first-order chi connectivity index (χ1) is 4.43. The van der Waals surface area contributed by atoms with Gasteiger partial charge in [0.25, 0.3) is 0 Å². The standard InChI is InChI=1S/C6H8N2O/c7-4-1-2-6-3-5-9-8-6/h1-3,5H,4,7H2/b2-1+. The van der Waals surface area contributed by atoms with Crippen molar-refractivity contribution >= 4 is 6.08 Å². The van der Waals surface area contributed by atoms with E-state index in [1.54, 1.807) is 6.07 Å². The monoisotopic (exact) mass is 124 g/mol. The molecular weight excluding hydrogens is 116 g/mol. The molecule has 0 saturated heterocycles. The summed E-state index contributed by atoms with van der Waals surface area (Å²) in [6, 6.07) is 1.77. The summed E-state index contributed by atoms with van der Waals surface area (Å²) >= 11 is 0. The predicted octanol–water partition coefficient (Wildman–Crippen LogP) is 0.647. The van der Waals surface area contributed by atoms with Crippen molar-refractivity contribution in [1.29, 1.82) is 0 Å². The summed E-state index contributed by atoms with van der Waals surface area (Å²) < 4.78 is 4.57. The van der Waals surface area contributed by atoms with Crippen LogP contribution in [0.25, 0.3) is 6.08 Å². The molecule has 0 bridgehead atoms. The van der Waals surface area contributed by atoms with Crippen molar-refractivity contribution < 1.29 is 4.52 Å². The van der Waals surface area contributed by atoms with Crippen molar-refractivity contribution in [2.75, 3.05) is 6.54 Å². The van der Waals surface area contributed by atoms with Crippen molar-refractivity contribution in [3.05, 3.63) is 24.1 Å². The summed E-state index contributed by atoms with van der Waals surface area (Å²) in [6.07, 6.45) is 5.15. The molecule has 0 saturated carbocycles. The van der Waals surface area contributed by atoms with Gasteiger partial charge < -0.3 is 10.3 Å². The van der Waals surface area contributed by atoms with Crippen LogP contribution in [-0.4, -0.2) is 11.7 Å². The third-order valence-electron chi connectivity index (χ3n) is 0.882. The highest BCUT2D eigenvalue weighted by Crippen LogP contribution is 1.95. The molecule has 3 heteroatoms. The van der Waals surface area contributed by atoms with Crippen LogP contribution < -0.4 is 5.73 Å². The molecule has 0 aliphatic heterocycles. The van der Waals surface area contributed by atoms with Crippen LogP contribution in [0.3, 0.4) is 0 Å². The number of rotatable bonds is 2. The lowest BCUT2D eigenvalue weighted by Gasteiger charge is -1.76. The highest BCUT2D eigenvalue weighted by molar-refractivity contribution is 5.42. The average Bonchev–Trinajstić information content (AvgIpc) is 2.34. The summed E-state index contributed by atoms with van der Waals surface area (Å²) in [4.78, 5) is 0. The number of hydrogen-bond donors (Lipinski definition) is 1. The Bertz CT molecular complexity index is 179. The van der Waals surface area contributed by atoms with Crippen LogP contribution in [-0.2, 0) is 0 Å². The van der Waals surface area contributed by atoms with Gasteiger partial charge in [0.15, 0.2) is 0 Å². The van der Waals surface area contributed by atoms with Gasteiger partial charge in [-0.15, -0.1) is 0 Å². The summed E-state index contributed by atoms with van der Waals surface area (Å²) in [6.45, 7) is 0.535. The minimum atomic E-state index is 0.535. The molecule has 0 atom stereocenters. The fraction of sp³-hybridized carbons (Fsp3) is 0.167. The molecule has 0 aliphatic rings. The molecule has 1 aromatic rings. The van der Waals surface area contributed by atoms with E-state index >= 15 is 0 Å². The second-order valence-electron chi connectivity index (χ2n) is 1.56. The van der Waals surface area contributed by atoms with Crippen LogP contribution in [0, 0.1) is 0 Å². The smallest absolute Gasteiger partial charge is 0.124 e. The van der Waals surface area contributed by atoms with Crippen LogP contribution in [0.2, 0.25) is 0 Å². The first-order valence-electron chi connectivity index (χ1n) is 2.70. The van der Waals surface area contributed by atoms with Gasteiger partial charge in [-0.3, -0.25) is 0 Å². The molecule has 48 valence electrons. The molecule has 0 radical (unpaired) electrons. The Balaban J connectivity index is 2.57. The van der Waals surface area contributed by atoms with E-state index in [0.29, 0.717) is 6.54 Å². The van der Waals surface area contributed by atoms with Gasteiger partial charge in [-0.2, -0.15) is 0 Å². The van der Waals surface area contributed by atoms with Gasteiger partial charge >= 0.3 is 0 Å². The Hall–Kier alpha value is -1.09. The minimum absolute atomic E-state index is 0.535. The fourth-order valence-corrected chi connectivity index (χ4v) is 0.497. The number of nitrogens with zero attached hydrogens (tertiary/aromatic N) is 1. The van der Waals surface area contributed by atoms with E-state index in [4.69, 9.17) is 5.73 Å². The molecule has 0 aliphatic carbocycles. The van der Waals surface area contributed by atoms with E-state index < -0.39 is 0 Å². The van der Waals surface area contributed by atoms with E-state index in [-0.39, 0.29) is 0 Å². The zero-order valence-electron chi connectivity index (χ0n) is 4.95. The van der Waals surface area contributed by atoms with Crippen LogP contribution in [0.15, 0.2) is 22.9 Å². The van der Waals surface area contributed by atoms with Crippen molar-refractivity contribution in [2.24, 2.45) is 5.73 Å². The Morgan fingerprint density at radius 3 is 3.22 bits per heavy atom. The first-order valence-corrected chi connectivity index (χ1v) is 2.70. The number of aromatic nitrogens is 1. The van der Waals surface area contributed by atoms with E-state index in [0.717, 1.165) is 5.69 Å². The highest BCUT2D eigenvalue weighted by atomic mass is 16.5. The van der Waals surface area contributed by atoms with E-state index in [1.807, 2.05) is 12.2 Å². The molecule has 0 spiro atoms. The molecule has 0 aromatic carbocycles. The lowest BCUT2D eigenvalue weighted by Crippen LogP contribution is -1.91. The molecule has 9 heavy (non-hydrogen) atoms. The Kier molecular flexibility index (Phi) is 2.04. The van der Waals surface area contributed by atoms with Crippen LogP contribution >= 0.6 is 0 Å². The molecule has 1 aromatic heterocycles. The van der Waals surface area contributed by atoms with Crippen molar-refractivity contribution in [2.45, 2.75) is 0 Å². The lowest BCUT2D eigenvalue weighted by atomic mass is 10.4. The van der Waals surface area contributed by atoms with Crippen molar-refractivity contribution in [1.82, 2.24) is 5.16 Å². The van der Waals surface area contributed by atoms with E-state index in [2.05, 4.69) is 9.68 Å². The van der Waals surface area contributed by atoms with E-state index in [1.165, 1.54) is 6.26 Å². The summed E-state index contributed by atoms with van der Waals surface area (Å²) in [7, 11) is 0. The van der Waals surface area contributed by atoms with Crippen LogP contribution in [0.4, 0.5) is 0 Å². The van der Waals surface area contributed by atoms with Crippen molar-refractivity contribution in [3.8, 4) is 0 Å². The summed E-state index contributed by atoms with van der Waals surface area (Å²) in [5.41, 5.74) is 6.01. The molecule has 1 heterocycles. The third-order valence-corrected chi connectivity index (χ3v) is 0.882.